The predicted octanol–water partition coefficient (Wildman–Crippen LogP) is -6.22. The molecule has 10 nitrogen and oxygen atoms in total. The molecule has 0 saturated heterocycles. The van der Waals surface area contributed by atoms with E-state index in [1.807, 2.05) is 0 Å². The number of hydrogen-bond donors (Lipinski definition) is 0. The maximum absolute atomic E-state index is 8.89. The summed E-state index contributed by atoms with van der Waals surface area (Å²) in [7, 11) is 0. The minimum atomic E-state index is -1.08. The first-order chi connectivity index (χ1) is 8.66. The molecule has 0 unspecified atom stereocenters. The normalized spacial score (nSPS) is 5.68. The average Bonchev–Trinajstić information content (AvgIpc) is 1.94. The molecule has 0 bridgehead atoms. The molecule has 0 aliphatic heterocycles. The Morgan fingerprint density at radius 3 is 0.455 bits per heavy atom. The number of carbonyl (C=O) groups is 5. The van der Waals surface area contributed by atoms with Crippen LogP contribution in [0, 0.1) is 0 Å². The van der Waals surface area contributed by atoms with E-state index in [0.29, 0.717) is 0 Å². The number of rotatable bonds is 0. The van der Waals surface area contributed by atoms with Gasteiger partial charge in [0.15, 0.2) is 0 Å². The molecule has 129 valence electrons. The van der Waals surface area contributed by atoms with Crippen LogP contribution in [-0.2, 0) is 58.1 Å². The van der Waals surface area contributed by atoms with Gasteiger partial charge in [0.05, 0.1) is 0 Å². The third-order valence-corrected chi connectivity index (χ3v) is 0. The second-order valence-electron chi connectivity index (χ2n) is 2.46. The van der Waals surface area contributed by atoms with Crippen molar-refractivity contribution in [3.63, 3.8) is 0 Å². The van der Waals surface area contributed by atoms with Gasteiger partial charge in [-0.15, -0.1) is 0 Å². The Hall–Kier alpha value is -1.61. The maximum atomic E-state index is 8.89. The molecular formula is C10H15Mn2O10. The molecule has 0 aliphatic rings. The molecule has 0 rings (SSSR count). The van der Waals surface area contributed by atoms with Crippen LogP contribution in [0.1, 0.15) is 34.6 Å². The van der Waals surface area contributed by atoms with Crippen molar-refractivity contribution >= 4 is 29.8 Å². The molecule has 0 atom stereocenters. The van der Waals surface area contributed by atoms with E-state index in [2.05, 4.69) is 0 Å². The molecule has 0 N–H and O–H groups in total. The largest absolute Gasteiger partial charge is 3.00 e. The van der Waals surface area contributed by atoms with Crippen molar-refractivity contribution in [3.8, 4) is 0 Å². The Balaban J connectivity index is -0.0000000250. The Labute approximate surface area is 148 Å². The minimum absolute atomic E-state index is 0. The van der Waals surface area contributed by atoms with Crippen LogP contribution in [0.3, 0.4) is 0 Å². The standard InChI is InChI=1S/5C2H4O2.2Mn/c5*1-2(3)4;;/h5*1H3,(H,3,4);;/q;;;;;+2;+3/p-5. The van der Waals surface area contributed by atoms with Gasteiger partial charge in [0, 0.05) is 29.8 Å². The van der Waals surface area contributed by atoms with Crippen molar-refractivity contribution < 1.29 is 83.6 Å². The number of carbonyl (C=O) groups excluding carboxylic acids is 5. The van der Waals surface area contributed by atoms with Crippen molar-refractivity contribution in [2.75, 3.05) is 0 Å². The molecule has 0 spiro atoms. The van der Waals surface area contributed by atoms with Crippen LogP contribution in [0.25, 0.3) is 0 Å². The minimum Gasteiger partial charge on any atom is -0.550 e. The van der Waals surface area contributed by atoms with Crippen molar-refractivity contribution in [2.45, 2.75) is 34.6 Å². The Morgan fingerprint density at radius 1 is 0.455 bits per heavy atom. The molecule has 0 aromatic carbocycles. The Morgan fingerprint density at radius 2 is 0.455 bits per heavy atom. The molecule has 12 heteroatoms. The van der Waals surface area contributed by atoms with E-state index >= 15 is 0 Å². The average molecular weight is 405 g/mol. The quantitative estimate of drug-likeness (QED) is 0.349. The van der Waals surface area contributed by atoms with E-state index in [0.717, 1.165) is 34.6 Å². The summed E-state index contributed by atoms with van der Waals surface area (Å²) in [5.41, 5.74) is 0. The number of carboxylic acid groups (broad SMARTS) is 5. The fourth-order valence-electron chi connectivity index (χ4n) is 0. The topological polar surface area (TPSA) is 201 Å². The monoisotopic (exact) mass is 405 g/mol. The van der Waals surface area contributed by atoms with E-state index in [1.54, 1.807) is 0 Å². The maximum Gasteiger partial charge on any atom is 3.00 e. The van der Waals surface area contributed by atoms with Crippen LogP contribution in [0.4, 0.5) is 0 Å². The molecule has 0 aromatic rings. The number of aliphatic carboxylic acids is 5. The van der Waals surface area contributed by atoms with Gasteiger partial charge in [-0.25, -0.2) is 0 Å². The van der Waals surface area contributed by atoms with Gasteiger partial charge in [-0.2, -0.15) is 0 Å². The van der Waals surface area contributed by atoms with Crippen LogP contribution >= 0.6 is 0 Å². The number of carboxylic acids is 5. The Bertz CT molecular complexity index is 214. The fraction of sp³-hybridized carbons (Fsp3) is 0.500. The van der Waals surface area contributed by atoms with Crippen molar-refractivity contribution in [3.05, 3.63) is 0 Å². The van der Waals surface area contributed by atoms with Crippen molar-refractivity contribution in [1.29, 1.82) is 0 Å². The smallest absolute Gasteiger partial charge is 0.550 e. The van der Waals surface area contributed by atoms with Crippen LogP contribution in [0.5, 0.6) is 0 Å². The second-order valence-corrected chi connectivity index (χ2v) is 2.46. The molecule has 0 aliphatic carbocycles. The summed E-state index contributed by atoms with van der Waals surface area (Å²) < 4.78 is 0. The van der Waals surface area contributed by atoms with Crippen LogP contribution in [0.2, 0.25) is 0 Å². The fourth-order valence-corrected chi connectivity index (χ4v) is 0. The van der Waals surface area contributed by atoms with Gasteiger partial charge < -0.3 is 49.5 Å². The SMILES string of the molecule is CC(=O)[O-].CC(=O)[O-].CC(=O)[O-].CC(=O)[O-].CC(=O)[O-].[Mn+2].[Mn+3]. The van der Waals surface area contributed by atoms with E-state index in [4.69, 9.17) is 49.5 Å². The van der Waals surface area contributed by atoms with Gasteiger partial charge >= 0.3 is 34.1 Å². The summed E-state index contributed by atoms with van der Waals surface area (Å²) in [5.74, 6) is -5.42. The molecule has 0 aromatic heterocycles. The van der Waals surface area contributed by atoms with E-state index in [9.17, 15) is 0 Å². The number of hydrogen-bond acceptors (Lipinski definition) is 10. The zero-order valence-corrected chi connectivity index (χ0v) is 14.7. The third kappa shape index (κ3) is 2140. The molecular weight excluding hydrogens is 390 g/mol. The van der Waals surface area contributed by atoms with Gasteiger partial charge in [-0.05, 0) is 34.6 Å². The first-order valence-electron chi connectivity index (χ1n) is 4.54. The van der Waals surface area contributed by atoms with Crippen LogP contribution < -0.4 is 25.5 Å². The molecule has 0 amide bonds. The predicted molar refractivity (Wildman–Crippen MR) is 53.4 cm³/mol. The van der Waals surface area contributed by atoms with Crippen molar-refractivity contribution in [2.24, 2.45) is 0 Å². The van der Waals surface area contributed by atoms with Gasteiger partial charge in [0.2, 0.25) is 0 Å². The molecule has 0 heterocycles. The summed E-state index contributed by atoms with van der Waals surface area (Å²) >= 11 is 0. The van der Waals surface area contributed by atoms with Gasteiger partial charge in [0.25, 0.3) is 0 Å². The van der Waals surface area contributed by atoms with Gasteiger partial charge in [0.1, 0.15) is 0 Å². The first-order valence-corrected chi connectivity index (χ1v) is 4.54. The van der Waals surface area contributed by atoms with Gasteiger partial charge in [-0.1, -0.05) is 0 Å². The molecule has 22 heavy (non-hydrogen) atoms. The van der Waals surface area contributed by atoms with Crippen LogP contribution in [0.15, 0.2) is 0 Å². The molecule has 1 radical (unpaired) electrons. The summed E-state index contributed by atoms with van der Waals surface area (Å²) in [6.45, 7) is 4.86. The zero-order valence-electron chi connectivity index (χ0n) is 12.3. The van der Waals surface area contributed by atoms with E-state index in [-0.39, 0.29) is 34.1 Å². The Kier molecular flexibility index (Phi) is 71.1. The van der Waals surface area contributed by atoms with Gasteiger partial charge in [-0.3, -0.25) is 0 Å². The summed E-state index contributed by atoms with van der Waals surface area (Å²) in [6.07, 6.45) is 0. The molecule has 0 saturated carbocycles. The van der Waals surface area contributed by atoms with E-state index in [1.165, 1.54) is 0 Å². The van der Waals surface area contributed by atoms with Crippen LogP contribution in [-0.4, -0.2) is 29.8 Å². The first kappa shape index (κ1) is 42.8. The zero-order chi connectivity index (χ0) is 17.9. The summed E-state index contributed by atoms with van der Waals surface area (Å²) in [5, 5.41) is 44.4. The summed E-state index contributed by atoms with van der Waals surface area (Å²) in [6, 6.07) is 0. The second kappa shape index (κ2) is 36.6. The van der Waals surface area contributed by atoms with Crippen molar-refractivity contribution in [1.82, 2.24) is 0 Å². The summed E-state index contributed by atoms with van der Waals surface area (Å²) in [4.78, 5) is 44.4. The van der Waals surface area contributed by atoms with E-state index < -0.39 is 29.8 Å². The third-order valence-electron chi connectivity index (χ3n) is 0. The molecule has 0 fully saturated rings.